The summed E-state index contributed by atoms with van der Waals surface area (Å²) in [6.07, 6.45) is 7.49. The summed E-state index contributed by atoms with van der Waals surface area (Å²) in [6.45, 7) is 8.21. The molecule has 2 aliphatic carbocycles. The zero-order valence-electron chi connectivity index (χ0n) is 19.7. The van der Waals surface area contributed by atoms with Crippen molar-refractivity contribution in [2.75, 3.05) is 11.9 Å². The van der Waals surface area contributed by atoms with Crippen LogP contribution >= 0.6 is 15.9 Å². The highest BCUT2D eigenvalue weighted by atomic mass is 79.9. The van der Waals surface area contributed by atoms with Crippen molar-refractivity contribution < 1.29 is 19.1 Å². The topological polar surface area (TPSA) is 72.5 Å². The highest BCUT2D eigenvalue weighted by molar-refractivity contribution is 9.10. The van der Waals surface area contributed by atoms with Crippen molar-refractivity contribution in [1.29, 1.82) is 0 Å². The maximum atomic E-state index is 13.5. The second kappa shape index (κ2) is 10.6. The quantitative estimate of drug-likeness (QED) is 0.321. The summed E-state index contributed by atoms with van der Waals surface area (Å²) in [5.74, 6) is -0.411. The first-order valence-electron chi connectivity index (χ1n) is 11.4. The third-order valence-corrected chi connectivity index (χ3v) is 7.35. The molecule has 6 heteroatoms. The zero-order valence-corrected chi connectivity index (χ0v) is 21.3. The molecule has 0 heterocycles. The Morgan fingerprint density at radius 2 is 1.97 bits per heavy atom. The first kappa shape index (κ1) is 25.2. The molecule has 1 amide bonds. The molecule has 0 aromatic heterocycles. The minimum atomic E-state index is -0.604. The van der Waals surface area contributed by atoms with Gasteiger partial charge in [0.15, 0.2) is 5.78 Å². The number of nitrogens with one attached hydrogen (secondary N) is 1. The lowest BCUT2D eigenvalue weighted by Gasteiger charge is -2.37. The number of hydrogen-bond donors (Lipinski definition) is 1. The SMILES string of the molecule is CC(C)=CCC[C@@]1(C)CC=C(COC(=O)Nc2ccc(Br)cc2)C(=O)[C@H]2CC(C)=C(C=O)[C@@H]21. The molecule has 0 radical (unpaired) electrons. The predicted molar refractivity (Wildman–Crippen MR) is 134 cm³/mol. The molecule has 1 aromatic rings. The van der Waals surface area contributed by atoms with Gasteiger partial charge in [0.1, 0.15) is 12.9 Å². The smallest absolute Gasteiger partial charge is 0.411 e. The average Bonchev–Trinajstić information content (AvgIpc) is 3.07. The predicted octanol–water partition coefficient (Wildman–Crippen LogP) is 6.80. The van der Waals surface area contributed by atoms with Gasteiger partial charge in [0.2, 0.25) is 0 Å². The molecule has 0 unspecified atom stereocenters. The van der Waals surface area contributed by atoms with E-state index in [1.807, 2.05) is 25.1 Å². The van der Waals surface area contributed by atoms with E-state index in [1.165, 1.54) is 5.57 Å². The Bertz CT molecular complexity index is 1020. The van der Waals surface area contributed by atoms with Gasteiger partial charge in [-0.25, -0.2) is 4.79 Å². The zero-order chi connectivity index (χ0) is 24.2. The Kier molecular flexibility index (Phi) is 8.11. The maximum Gasteiger partial charge on any atom is 0.411 e. The van der Waals surface area contributed by atoms with Gasteiger partial charge in [-0.1, -0.05) is 46.2 Å². The number of anilines is 1. The first-order valence-corrected chi connectivity index (χ1v) is 12.1. The van der Waals surface area contributed by atoms with Gasteiger partial charge >= 0.3 is 6.09 Å². The molecule has 0 saturated heterocycles. The number of carbonyl (C=O) groups excluding carboxylic acids is 3. The van der Waals surface area contributed by atoms with E-state index in [1.54, 1.807) is 12.1 Å². The van der Waals surface area contributed by atoms with Gasteiger partial charge in [-0.15, -0.1) is 0 Å². The van der Waals surface area contributed by atoms with Crippen molar-refractivity contribution in [3.05, 3.63) is 63.2 Å². The van der Waals surface area contributed by atoms with Crippen molar-refractivity contribution in [1.82, 2.24) is 0 Å². The molecule has 3 atom stereocenters. The molecule has 176 valence electrons. The number of allylic oxidation sites excluding steroid dienone is 5. The van der Waals surface area contributed by atoms with Gasteiger partial charge in [-0.05, 0) is 81.7 Å². The molecule has 3 rings (SSSR count). The minimum Gasteiger partial charge on any atom is -0.444 e. The highest BCUT2D eigenvalue weighted by Crippen LogP contribution is 2.53. The first-order chi connectivity index (χ1) is 15.6. The molecule has 0 fully saturated rings. The summed E-state index contributed by atoms with van der Waals surface area (Å²) >= 11 is 3.36. The number of ketones is 1. The summed E-state index contributed by atoms with van der Waals surface area (Å²) < 4.78 is 6.32. The van der Waals surface area contributed by atoms with Crippen LogP contribution in [0.2, 0.25) is 0 Å². The number of rotatable bonds is 7. The summed E-state index contributed by atoms with van der Waals surface area (Å²) in [4.78, 5) is 37.7. The molecular weight excluding hydrogens is 482 g/mol. The Balaban J connectivity index is 1.76. The van der Waals surface area contributed by atoms with Crippen LogP contribution in [0.3, 0.4) is 0 Å². The average molecular weight is 514 g/mol. The number of ether oxygens (including phenoxy) is 1. The number of carbonyl (C=O) groups is 3. The lowest BCUT2D eigenvalue weighted by atomic mass is 9.65. The van der Waals surface area contributed by atoms with Crippen LogP contribution in [0.1, 0.15) is 53.4 Å². The van der Waals surface area contributed by atoms with Crippen LogP contribution < -0.4 is 5.32 Å². The van der Waals surface area contributed by atoms with E-state index in [-0.39, 0.29) is 29.6 Å². The third kappa shape index (κ3) is 5.91. The summed E-state index contributed by atoms with van der Waals surface area (Å²) in [5.41, 5.74) is 3.94. The fourth-order valence-corrected chi connectivity index (χ4v) is 5.32. The van der Waals surface area contributed by atoms with Gasteiger partial charge in [0, 0.05) is 27.6 Å². The van der Waals surface area contributed by atoms with Crippen molar-refractivity contribution in [2.45, 2.75) is 53.4 Å². The Morgan fingerprint density at radius 1 is 1.27 bits per heavy atom. The monoisotopic (exact) mass is 513 g/mol. The fourth-order valence-electron chi connectivity index (χ4n) is 5.06. The normalized spacial score (nSPS) is 24.5. The molecule has 5 nitrogen and oxygen atoms in total. The highest BCUT2D eigenvalue weighted by Gasteiger charge is 2.49. The second-order valence-corrected chi connectivity index (χ2v) is 10.5. The third-order valence-electron chi connectivity index (χ3n) is 6.82. The molecule has 0 saturated carbocycles. The van der Waals surface area contributed by atoms with E-state index in [4.69, 9.17) is 4.74 Å². The molecule has 2 aliphatic rings. The van der Waals surface area contributed by atoms with Gasteiger partial charge in [0.05, 0.1) is 0 Å². The molecular formula is C27H32BrNO4. The lowest BCUT2D eigenvalue weighted by molar-refractivity contribution is -0.121. The van der Waals surface area contributed by atoms with E-state index < -0.39 is 6.09 Å². The number of Topliss-reactive ketones (excluding diaryl/α,β-unsaturated/α-hetero) is 1. The number of benzene rings is 1. The van der Waals surface area contributed by atoms with Crippen LogP contribution in [0.15, 0.2) is 63.2 Å². The van der Waals surface area contributed by atoms with Crippen LogP contribution in [0, 0.1) is 17.3 Å². The van der Waals surface area contributed by atoms with Gasteiger partial charge in [-0.2, -0.15) is 0 Å². The van der Waals surface area contributed by atoms with E-state index in [9.17, 15) is 14.4 Å². The van der Waals surface area contributed by atoms with Crippen molar-refractivity contribution in [3.8, 4) is 0 Å². The summed E-state index contributed by atoms with van der Waals surface area (Å²) in [5, 5.41) is 2.68. The van der Waals surface area contributed by atoms with Crippen LogP contribution in [0.4, 0.5) is 10.5 Å². The van der Waals surface area contributed by atoms with E-state index >= 15 is 0 Å². The standard InChI is InChI=1S/C27H32BrNO4/c1-17(2)6-5-12-27(4)13-11-19(25(31)22-14-18(3)23(15-30)24(22)27)16-33-26(32)29-21-9-7-20(28)8-10-21/h6-11,15,22,24H,5,12-14,16H2,1-4H3,(H,29,32)/t22-,24+,27-/m0/s1. The van der Waals surface area contributed by atoms with Crippen LogP contribution in [0.5, 0.6) is 0 Å². The minimum absolute atomic E-state index is 0.0152. The number of amides is 1. The number of fused-ring (bicyclic) bond motifs is 1. The largest absolute Gasteiger partial charge is 0.444 e. The summed E-state index contributed by atoms with van der Waals surface area (Å²) in [7, 11) is 0. The van der Waals surface area contributed by atoms with Crippen LogP contribution in [0.25, 0.3) is 0 Å². The molecule has 0 aliphatic heterocycles. The van der Waals surface area contributed by atoms with E-state index in [2.05, 4.69) is 48.1 Å². The maximum absolute atomic E-state index is 13.5. The van der Waals surface area contributed by atoms with Crippen molar-refractivity contribution >= 4 is 39.8 Å². The number of aldehydes is 1. The second-order valence-electron chi connectivity index (χ2n) is 9.62. The van der Waals surface area contributed by atoms with Crippen LogP contribution in [-0.4, -0.2) is 24.8 Å². The Labute approximate surface area is 204 Å². The van der Waals surface area contributed by atoms with Crippen molar-refractivity contribution in [3.63, 3.8) is 0 Å². The molecule has 1 aromatic carbocycles. The Hall–Kier alpha value is -2.47. The molecule has 0 spiro atoms. The van der Waals surface area contributed by atoms with Gasteiger partial charge < -0.3 is 4.74 Å². The van der Waals surface area contributed by atoms with E-state index in [0.29, 0.717) is 24.1 Å². The van der Waals surface area contributed by atoms with Gasteiger partial charge in [-0.3, -0.25) is 14.9 Å². The number of halogens is 1. The fraction of sp³-hybridized carbons (Fsp3) is 0.444. The molecule has 1 N–H and O–H groups in total. The summed E-state index contributed by atoms with van der Waals surface area (Å²) in [6, 6.07) is 7.17. The van der Waals surface area contributed by atoms with Gasteiger partial charge in [0.25, 0.3) is 0 Å². The lowest BCUT2D eigenvalue weighted by Crippen LogP contribution is -2.34. The van der Waals surface area contributed by atoms with Crippen molar-refractivity contribution in [2.24, 2.45) is 17.3 Å². The molecule has 0 bridgehead atoms. The van der Waals surface area contributed by atoms with E-state index in [0.717, 1.165) is 34.7 Å². The molecule has 33 heavy (non-hydrogen) atoms. The Morgan fingerprint density at radius 3 is 2.61 bits per heavy atom. The van der Waals surface area contributed by atoms with Crippen LogP contribution in [-0.2, 0) is 14.3 Å². The number of hydrogen-bond acceptors (Lipinski definition) is 4.